The number of rotatable bonds is 5. The molecule has 0 aliphatic rings. The van der Waals surface area contributed by atoms with Crippen LogP contribution < -0.4 is 5.32 Å². The highest BCUT2D eigenvalue weighted by molar-refractivity contribution is 5.96. The van der Waals surface area contributed by atoms with Gasteiger partial charge in [-0.3, -0.25) is 0 Å². The Morgan fingerprint density at radius 2 is 1.96 bits per heavy atom. The molecular weight excluding hydrogens is 307 g/mol. The third-order valence-corrected chi connectivity index (χ3v) is 3.17. The van der Waals surface area contributed by atoms with Crippen LogP contribution in [0.15, 0.2) is 43.0 Å². The molecule has 0 heterocycles. The van der Waals surface area contributed by atoms with E-state index in [1.165, 1.54) is 12.1 Å². The van der Waals surface area contributed by atoms with E-state index in [9.17, 15) is 18.0 Å². The van der Waals surface area contributed by atoms with Gasteiger partial charge >= 0.3 is 5.97 Å². The Morgan fingerprint density at radius 1 is 1.22 bits per heavy atom. The zero-order valence-electron chi connectivity index (χ0n) is 12.3. The van der Waals surface area contributed by atoms with E-state index >= 15 is 0 Å². The molecule has 0 amide bonds. The monoisotopic (exact) mass is 321 g/mol. The number of carbonyl (C=O) groups is 1. The van der Waals surface area contributed by atoms with Crippen LogP contribution in [0, 0.1) is 17.5 Å². The Hall–Kier alpha value is -2.76. The summed E-state index contributed by atoms with van der Waals surface area (Å²) in [7, 11) is 1.11. The Morgan fingerprint density at radius 3 is 2.57 bits per heavy atom. The molecule has 23 heavy (non-hydrogen) atoms. The highest BCUT2D eigenvalue weighted by Crippen LogP contribution is 2.28. The lowest BCUT2D eigenvalue weighted by Crippen LogP contribution is -2.09. The average molecular weight is 321 g/mol. The van der Waals surface area contributed by atoms with Gasteiger partial charge in [0.05, 0.1) is 24.0 Å². The molecule has 1 N–H and O–H groups in total. The Balaban J connectivity index is 2.45. The summed E-state index contributed by atoms with van der Waals surface area (Å²) in [6.07, 6.45) is 2.09. The van der Waals surface area contributed by atoms with Crippen LogP contribution in [-0.4, -0.2) is 13.1 Å². The van der Waals surface area contributed by atoms with Crippen molar-refractivity contribution < 1.29 is 22.7 Å². The van der Waals surface area contributed by atoms with Gasteiger partial charge in [0.1, 0.15) is 5.82 Å². The number of methoxy groups -OCH3 is 1. The maximum atomic E-state index is 14.1. The van der Waals surface area contributed by atoms with Crippen molar-refractivity contribution in [2.45, 2.75) is 6.42 Å². The summed E-state index contributed by atoms with van der Waals surface area (Å²) in [4.78, 5) is 11.7. The van der Waals surface area contributed by atoms with Crippen LogP contribution in [0.2, 0.25) is 0 Å². The summed E-state index contributed by atoms with van der Waals surface area (Å²) in [5, 5.41) is 2.42. The first-order chi connectivity index (χ1) is 11.0. The van der Waals surface area contributed by atoms with Gasteiger partial charge in [-0.1, -0.05) is 12.1 Å². The topological polar surface area (TPSA) is 38.3 Å². The standard InChI is InChI=1S/C17H14F3NO2/c1-3-4-10-5-8-14(13(19)9-10)21-16-11(17(22)23-2)6-7-12(18)15(16)20/h3,5-9,21H,1,4H2,2H3. The quantitative estimate of drug-likeness (QED) is 0.657. The molecule has 0 bridgehead atoms. The molecule has 0 saturated heterocycles. The van der Waals surface area contributed by atoms with Gasteiger partial charge in [-0.05, 0) is 36.2 Å². The molecular formula is C17H14F3NO2. The lowest BCUT2D eigenvalue weighted by Gasteiger charge is -2.13. The number of esters is 1. The Bertz CT molecular complexity index is 760. The van der Waals surface area contributed by atoms with Gasteiger partial charge in [0.2, 0.25) is 0 Å². The van der Waals surface area contributed by atoms with Gasteiger partial charge in [-0.15, -0.1) is 6.58 Å². The molecule has 0 unspecified atom stereocenters. The normalized spacial score (nSPS) is 10.3. The van der Waals surface area contributed by atoms with E-state index in [0.717, 1.165) is 19.2 Å². The number of allylic oxidation sites excluding steroid dienone is 1. The van der Waals surface area contributed by atoms with Gasteiger partial charge in [-0.25, -0.2) is 18.0 Å². The number of hydrogen-bond acceptors (Lipinski definition) is 3. The van der Waals surface area contributed by atoms with E-state index in [2.05, 4.69) is 16.6 Å². The summed E-state index contributed by atoms with van der Waals surface area (Å²) in [5.74, 6) is -3.98. The van der Waals surface area contributed by atoms with Crippen molar-refractivity contribution in [3.8, 4) is 0 Å². The van der Waals surface area contributed by atoms with Crippen LogP contribution in [0.3, 0.4) is 0 Å². The second-order valence-corrected chi connectivity index (χ2v) is 4.71. The van der Waals surface area contributed by atoms with Gasteiger partial charge < -0.3 is 10.1 Å². The van der Waals surface area contributed by atoms with E-state index in [-0.39, 0.29) is 11.3 Å². The molecule has 3 nitrogen and oxygen atoms in total. The molecule has 2 rings (SSSR count). The highest BCUT2D eigenvalue weighted by Gasteiger charge is 2.20. The van der Waals surface area contributed by atoms with E-state index in [0.29, 0.717) is 12.0 Å². The SMILES string of the molecule is C=CCc1ccc(Nc2c(C(=O)OC)ccc(F)c2F)c(F)c1. The summed E-state index contributed by atoms with van der Waals surface area (Å²) >= 11 is 0. The lowest BCUT2D eigenvalue weighted by molar-refractivity contribution is 0.0601. The van der Waals surface area contributed by atoms with Crippen LogP contribution in [0.1, 0.15) is 15.9 Å². The minimum absolute atomic E-state index is 0.0903. The lowest BCUT2D eigenvalue weighted by atomic mass is 10.1. The van der Waals surface area contributed by atoms with Gasteiger partial charge in [0, 0.05) is 0 Å². The maximum Gasteiger partial charge on any atom is 0.340 e. The number of carbonyl (C=O) groups excluding carboxylic acids is 1. The number of halogens is 3. The van der Waals surface area contributed by atoms with E-state index < -0.39 is 29.1 Å². The van der Waals surface area contributed by atoms with Gasteiger partial charge in [-0.2, -0.15) is 0 Å². The van der Waals surface area contributed by atoms with Crippen molar-refractivity contribution in [3.05, 3.63) is 71.6 Å². The average Bonchev–Trinajstić information content (AvgIpc) is 2.53. The van der Waals surface area contributed by atoms with Crippen LogP contribution in [-0.2, 0) is 11.2 Å². The van der Waals surface area contributed by atoms with Crippen molar-refractivity contribution in [2.24, 2.45) is 0 Å². The van der Waals surface area contributed by atoms with Gasteiger partial charge in [0.15, 0.2) is 11.6 Å². The third-order valence-electron chi connectivity index (χ3n) is 3.17. The minimum Gasteiger partial charge on any atom is -0.465 e. The molecule has 0 aliphatic heterocycles. The van der Waals surface area contributed by atoms with Crippen molar-refractivity contribution in [1.29, 1.82) is 0 Å². The number of anilines is 2. The summed E-state index contributed by atoms with van der Waals surface area (Å²) in [6, 6.07) is 6.10. The van der Waals surface area contributed by atoms with Crippen LogP contribution in [0.4, 0.5) is 24.5 Å². The zero-order valence-corrected chi connectivity index (χ0v) is 12.3. The van der Waals surface area contributed by atoms with Crippen LogP contribution >= 0.6 is 0 Å². The molecule has 0 spiro atoms. The Labute approximate surface area is 131 Å². The fourth-order valence-corrected chi connectivity index (χ4v) is 2.04. The second-order valence-electron chi connectivity index (χ2n) is 4.71. The smallest absolute Gasteiger partial charge is 0.340 e. The van der Waals surface area contributed by atoms with E-state index in [1.54, 1.807) is 12.1 Å². The summed E-state index contributed by atoms with van der Waals surface area (Å²) in [6.45, 7) is 3.56. The molecule has 6 heteroatoms. The van der Waals surface area contributed by atoms with E-state index in [1.807, 2.05) is 0 Å². The largest absolute Gasteiger partial charge is 0.465 e. The van der Waals surface area contributed by atoms with Crippen molar-refractivity contribution in [2.75, 3.05) is 12.4 Å². The molecule has 0 aliphatic carbocycles. The van der Waals surface area contributed by atoms with Crippen molar-refractivity contribution in [3.63, 3.8) is 0 Å². The fourth-order valence-electron chi connectivity index (χ4n) is 2.04. The summed E-state index contributed by atoms with van der Waals surface area (Å²) in [5.41, 5.74) is -0.128. The molecule has 0 aromatic heterocycles. The number of benzene rings is 2. The molecule has 0 radical (unpaired) electrons. The molecule has 0 saturated carbocycles. The molecule has 2 aromatic carbocycles. The Kier molecular flexibility index (Phi) is 5.05. The predicted octanol–water partition coefficient (Wildman–Crippen LogP) is 4.36. The first kappa shape index (κ1) is 16.6. The minimum atomic E-state index is -1.29. The fraction of sp³-hybridized carbons (Fsp3) is 0.118. The number of hydrogen-bond donors (Lipinski definition) is 1. The molecule has 0 fully saturated rings. The molecule has 2 aromatic rings. The van der Waals surface area contributed by atoms with Crippen molar-refractivity contribution in [1.82, 2.24) is 0 Å². The van der Waals surface area contributed by atoms with Crippen LogP contribution in [0.25, 0.3) is 0 Å². The highest BCUT2D eigenvalue weighted by atomic mass is 19.2. The zero-order chi connectivity index (χ0) is 17.0. The van der Waals surface area contributed by atoms with E-state index in [4.69, 9.17) is 0 Å². The number of nitrogens with one attached hydrogen (secondary N) is 1. The molecule has 0 atom stereocenters. The number of ether oxygens (including phenoxy) is 1. The van der Waals surface area contributed by atoms with Crippen molar-refractivity contribution >= 4 is 17.3 Å². The first-order valence-electron chi connectivity index (χ1n) is 6.70. The first-order valence-corrected chi connectivity index (χ1v) is 6.70. The van der Waals surface area contributed by atoms with Crippen LogP contribution in [0.5, 0.6) is 0 Å². The van der Waals surface area contributed by atoms with Gasteiger partial charge in [0.25, 0.3) is 0 Å². The predicted molar refractivity (Wildman–Crippen MR) is 81.3 cm³/mol. The summed E-state index contributed by atoms with van der Waals surface area (Å²) < 4.78 is 46.0. The molecule has 120 valence electrons. The third kappa shape index (κ3) is 3.53. The second kappa shape index (κ2) is 7.00. The maximum absolute atomic E-state index is 14.1.